The number of carbonyl (C=O) groups excluding carboxylic acids is 1. The first-order chi connectivity index (χ1) is 16.2. The molecule has 0 spiro atoms. The molecule has 4 heteroatoms. The van der Waals surface area contributed by atoms with Gasteiger partial charge in [-0.2, -0.15) is 0 Å². The Kier molecular flexibility index (Phi) is 15.7. The van der Waals surface area contributed by atoms with Crippen LogP contribution in [0, 0.1) is 6.92 Å². The smallest absolute Gasteiger partial charge is 0.238 e. The molecular formula is C29H50N2OS. The molecule has 188 valence electrons. The minimum atomic E-state index is -0.0673. The van der Waals surface area contributed by atoms with Crippen molar-refractivity contribution in [1.82, 2.24) is 10.6 Å². The number of benzene rings is 1. The van der Waals surface area contributed by atoms with E-state index in [4.69, 9.17) is 0 Å². The molecule has 0 radical (unpaired) electrons. The van der Waals surface area contributed by atoms with Crippen molar-refractivity contribution in [2.45, 2.75) is 128 Å². The number of thioether (sulfide) groups is 1. The average Bonchev–Trinajstić information content (AvgIpc) is 3.32. The van der Waals surface area contributed by atoms with Crippen molar-refractivity contribution in [1.29, 1.82) is 0 Å². The summed E-state index contributed by atoms with van der Waals surface area (Å²) in [7, 11) is 0. The molecule has 2 atom stereocenters. The van der Waals surface area contributed by atoms with Crippen LogP contribution in [0.5, 0.6) is 0 Å². The highest BCUT2D eigenvalue weighted by Crippen LogP contribution is 2.32. The molecule has 1 saturated heterocycles. The van der Waals surface area contributed by atoms with E-state index in [1.807, 2.05) is 11.8 Å². The second-order valence-electron chi connectivity index (χ2n) is 9.94. The first-order valence-corrected chi connectivity index (χ1v) is 15.0. The maximum absolute atomic E-state index is 12.4. The zero-order chi connectivity index (χ0) is 23.6. The Morgan fingerprint density at radius 3 is 1.82 bits per heavy atom. The lowest BCUT2D eigenvalue weighted by atomic mass is 10.0. The number of hydrogen-bond acceptors (Lipinski definition) is 3. The number of hydrogen-bond donors (Lipinski definition) is 2. The van der Waals surface area contributed by atoms with Crippen LogP contribution >= 0.6 is 11.8 Å². The maximum Gasteiger partial charge on any atom is 0.238 e. The molecule has 3 nitrogen and oxygen atoms in total. The first-order valence-electron chi connectivity index (χ1n) is 13.9. The minimum absolute atomic E-state index is 0.0673. The maximum atomic E-state index is 12.4. The van der Waals surface area contributed by atoms with E-state index in [1.165, 1.54) is 107 Å². The summed E-state index contributed by atoms with van der Waals surface area (Å²) in [6.07, 6.45) is 22.1. The van der Waals surface area contributed by atoms with Crippen molar-refractivity contribution in [2.75, 3.05) is 12.3 Å². The van der Waals surface area contributed by atoms with E-state index >= 15 is 0 Å². The average molecular weight is 475 g/mol. The summed E-state index contributed by atoms with van der Waals surface area (Å²) in [6.45, 7) is 5.21. The lowest BCUT2D eigenvalue weighted by Gasteiger charge is -2.14. The van der Waals surface area contributed by atoms with Crippen LogP contribution < -0.4 is 10.6 Å². The molecule has 1 aliphatic rings. The van der Waals surface area contributed by atoms with Gasteiger partial charge in [0.1, 0.15) is 0 Å². The van der Waals surface area contributed by atoms with E-state index in [0.29, 0.717) is 0 Å². The number of aryl methyl sites for hydroxylation is 1. The van der Waals surface area contributed by atoms with Crippen molar-refractivity contribution in [3.8, 4) is 0 Å². The predicted octanol–water partition coefficient (Wildman–Crippen LogP) is 8.08. The van der Waals surface area contributed by atoms with Gasteiger partial charge >= 0.3 is 0 Å². The van der Waals surface area contributed by atoms with Crippen LogP contribution in [0.2, 0.25) is 0 Å². The van der Waals surface area contributed by atoms with Crippen LogP contribution in [0.3, 0.4) is 0 Å². The largest absolute Gasteiger partial charge is 0.355 e. The highest BCUT2D eigenvalue weighted by Gasteiger charge is 2.30. The predicted molar refractivity (Wildman–Crippen MR) is 146 cm³/mol. The van der Waals surface area contributed by atoms with Crippen molar-refractivity contribution in [3.05, 3.63) is 35.4 Å². The topological polar surface area (TPSA) is 41.1 Å². The fraction of sp³-hybridized carbons (Fsp3) is 0.759. The van der Waals surface area contributed by atoms with Crippen molar-refractivity contribution >= 4 is 17.7 Å². The van der Waals surface area contributed by atoms with Gasteiger partial charge in [0, 0.05) is 12.3 Å². The molecular weight excluding hydrogens is 424 g/mol. The number of nitrogens with one attached hydrogen (secondary N) is 2. The molecule has 1 heterocycles. The molecule has 1 aromatic rings. The van der Waals surface area contributed by atoms with Crippen LogP contribution in [0.4, 0.5) is 0 Å². The zero-order valence-electron chi connectivity index (χ0n) is 21.5. The molecule has 0 aliphatic carbocycles. The van der Waals surface area contributed by atoms with Gasteiger partial charge in [-0.1, -0.05) is 133 Å². The fourth-order valence-corrected chi connectivity index (χ4v) is 5.81. The van der Waals surface area contributed by atoms with Crippen LogP contribution in [-0.2, 0) is 4.79 Å². The van der Waals surface area contributed by atoms with Crippen LogP contribution in [0.15, 0.2) is 24.3 Å². The van der Waals surface area contributed by atoms with E-state index in [9.17, 15) is 4.79 Å². The quantitative estimate of drug-likeness (QED) is 0.199. The summed E-state index contributed by atoms with van der Waals surface area (Å²) in [5.74, 6) is 1.02. The van der Waals surface area contributed by atoms with Crippen LogP contribution in [-0.4, -0.2) is 24.2 Å². The third-order valence-corrected chi connectivity index (χ3v) is 8.08. The summed E-state index contributed by atoms with van der Waals surface area (Å²) >= 11 is 1.83. The molecule has 1 unspecified atom stereocenters. The second-order valence-corrected chi connectivity index (χ2v) is 11.1. The van der Waals surface area contributed by atoms with Crippen molar-refractivity contribution in [2.24, 2.45) is 0 Å². The summed E-state index contributed by atoms with van der Waals surface area (Å²) in [5, 5.41) is 6.86. The molecule has 0 saturated carbocycles. The highest BCUT2D eigenvalue weighted by molar-refractivity contribution is 7.99. The standard InChI is InChI=1S/C29H50N2OS/c1-3-4-5-6-7-8-9-10-11-12-13-14-15-16-17-18-23-30-28(32)27-24-33-29(31-27)26-21-19-25(2)20-22-26/h19-22,27,29,31H,3-18,23-24H2,1-2H3,(H,30,32)/t27-,29?/m1/s1. The molecule has 2 N–H and O–H groups in total. The Balaban J connectivity index is 1.34. The Hall–Kier alpha value is -1.00. The SMILES string of the molecule is CCCCCCCCCCCCCCCCCCNC(=O)[C@H]1CSC(c2ccc(C)cc2)N1. The van der Waals surface area contributed by atoms with Crippen molar-refractivity contribution < 1.29 is 4.79 Å². The zero-order valence-corrected chi connectivity index (χ0v) is 22.3. The highest BCUT2D eigenvalue weighted by atomic mass is 32.2. The Labute approximate surface area is 208 Å². The summed E-state index contributed by atoms with van der Waals surface area (Å²) in [4.78, 5) is 12.4. The second kappa shape index (κ2) is 18.3. The molecule has 33 heavy (non-hydrogen) atoms. The summed E-state index contributed by atoms with van der Waals surface area (Å²) in [6, 6.07) is 8.54. The van der Waals surface area contributed by atoms with Gasteiger partial charge in [-0.25, -0.2) is 0 Å². The molecule has 1 aliphatic heterocycles. The lowest BCUT2D eigenvalue weighted by Crippen LogP contribution is -2.42. The molecule has 2 rings (SSSR count). The molecule has 0 bridgehead atoms. The number of rotatable bonds is 19. The van der Waals surface area contributed by atoms with Gasteiger partial charge in [0.15, 0.2) is 0 Å². The normalized spacial score (nSPS) is 18.0. The summed E-state index contributed by atoms with van der Waals surface area (Å²) in [5.41, 5.74) is 2.54. The van der Waals surface area contributed by atoms with E-state index < -0.39 is 0 Å². The van der Waals surface area contributed by atoms with Crippen LogP contribution in [0.25, 0.3) is 0 Å². The summed E-state index contributed by atoms with van der Waals surface area (Å²) < 4.78 is 0. The Morgan fingerprint density at radius 2 is 1.30 bits per heavy atom. The minimum Gasteiger partial charge on any atom is -0.355 e. The number of amides is 1. The van der Waals surface area contributed by atoms with Gasteiger partial charge < -0.3 is 5.32 Å². The van der Waals surface area contributed by atoms with E-state index in [2.05, 4.69) is 48.7 Å². The van der Waals surface area contributed by atoms with Gasteiger partial charge in [0.2, 0.25) is 5.91 Å². The number of carbonyl (C=O) groups is 1. The van der Waals surface area contributed by atoms with Gasteiger partial charge in [-0.3, -0.25) is 10.1 Å². The molecule has 1 fully saturated rings. The van der Waals surface area contributed by atoms with E-state index in [0.717, 1.165) is 18.7 Å². The third kappa shape index (κ3) is 12.9. The fourth-order valence-electron chi connectivity index (χ4n) is 4.56. The lowest BCUT2D eigenvalue weighted by molar-refractivity contribution is -0.122. The monoisotopic (exact) mass is 474 g/mol. The van der Waals surface area contributed by atoms with Gasteiger partial charge in [-0.05, 0) is 18.9 Å². The third-order valence-electron chi connectivity index (χ3n) is 6.81. The van der Waals surface area contributed by atoms with Crippen molar-refractivity contribution in [3.63, 3.8) is 0 Å². The molecule has 1 amide bonds. The first kappa shape index (κ1) is 28.2. The van der Waals surface area contributed by atoms with Gasteiger partial charge in [0.25, 0.3) is 0 Å². The Morgan fingerprint density at radius 1 is 0.818 bits per heavy atom. The van der Waals surface area contributed by atoms with Crippen LogP contribution in [0.1, 0.15) is 126 Å². The van der Waals surface area contributed by atoms with E-state index in [1.54, 1.807) is 0 Å². The van der Waals surface area contributed by atoms with Gasteiger partial charge in [-0.15, -0.1) is 11.8 Å². The molecule has 0 aromatic heterocycles. The van der Waals surface area contributed by atoms with Gasteiger partial charge in [0.05, 0.1) is 11.4 Å². The Bertz CT molecular complexity index is 619. The molecule has 1 aromatic carbocycles. The number of unbranched alkanes of at least 4 members (excludes halogenated alkanes) is 15. The van der Waals surface area contributed by atoms with E-state index in [-0.39, 0.29) is 17.3 Å².